The first-order chi connectivity index (χ1) is 7.60. The molecule has 0 fully saturated rings. The molecule has 2 N–H and O–H groups in total. The third-order valence-corrected chi connectivity index (χ3v) is 2.80. The number of hydrogen-bond donors (Lipinski definition) is 1. The van der Waals surface area contributed by atoms with E-state index in [9.17, 15) is 0 Å². The zero-order valence-corrected chi connectivity index (χ0v) is 10.5. The number of benzene rings is 1. The van der Waals surface area contributed by atoms with Crippen LogP contribution in [0.15, 0.2) is 18.2 Å². The Hall–Kier alpha value is -1.22. The maximum Gasteiger partial charge on any atom is 0.163 e. The molecule has 1 aromatic rings. The summed E-state index contributed by atoms with van der Waals surface area (Å²) in [5, 5.41) is 0. The fourth-order valence-electron chi connectivity index (χ4n) is 1.60. The molecule has 1 aromatic carbocycles. The molecule has 0 spiro atoms. The van der Waals surface area contributed by atoms with Crippen molar-refractivity contribution in [3.05, 3.63) is 23.8 Å². The van der Waals surface area contributed by atoms with Crippen molar-refractivity contribution in [2.45, 2.75) is 26.3 Å². The summed E-state index contributed by atoms with van der Waals surface area (Å²) in [7, 11) is 3.30. The standard InChI is InChI=1S/C13H21NO2/c1-9(2)11(14)8-10-6-5-7-12(15-3)13(10)16-4/h5-7,9,11H,8,14H2,1-4H3. The van der Waals surface area contributed by atoms with Gasteiger partial charge in [0, 0.05) is 6.04 Å². The van der Waals surface area contributed by atoms with Gasteiger partial charge in [-0.3, -0.25) is 0 Å². The Balaban J connectivity index is 2.95. The predicted octanol–water partition coefficient (Wildman–Crippen LogP) is 2.23. The predicted molar refractivity (Wildman–Crippen MR) is 66.1 cm³/mol. The van der Waals surface area contributed by atoms with Gasteiger partial charge in [0.15, 0.2) is 11.5 Å². The molecule has 1 unspecified atom stereocenters. The summed E-state index contributed by atoms with van der Waals surface area (Å²) in [5.41, 5.74) is 7.17. The first-order valence-electron chi connectivity index (χ1n) is 5.55. The van der Waals surface area contributed by atoms with Crippen molar-refractivity contribution in [3.8, 4) is 11.5 Å². The molecule has 0 aliphatic rings. The number of para-hydroxylation sites is 1. The molecule has 0 heterocycles. The fourth-order valence-corrected chi connectivity index (χ4v) is 1.60. The van der Waals surface area contributed by atoms with Crippen LogP contribution in [-0.2, 0) is 6.42 Å². The van der Waals surface area contributed by atoms with E-state index in [1.54, 1.807) is 14.2 Å². The van der Waals surface area contributed by atoms with Crippen molar-refractivity contribution in [2.24, 2.45) is 11.7 Å². The zero-order valence-electron chi connectivity index (χ0n) is 10.5. The lowest BCUT2D eigenvalue weighted by atomic mass is 9.96. The van der Waals surface area contributed by atoms with Crippen molar-refractivity contribution in [1.82, 2.24) is 0 Å². The second-order valence-electron chi connectivity index (χ2n) is 4.26. The molecule has 1 rings (SSSR count). The Morgan fingerprint density at radius 2 is 1.88 bits per heavy atom. The Bertz CT molecular complexity index is 337. The van der Waals surface area contributed by atoms with Gasteiger partial charge in [-0.15, -0.1) is 0 Å². The van der Waals surface area contributed by atoms with E-state index in [1.165, 1.54) is 0 Å². The lowest BCUT2D eigenvalue weighted by molar-refractivity contribution is 0.349. The van der Waals surface area contributed by atoms with Crippen molar-refractivity contribution >= 4 is 0 Å². The van der Waals surface area contributed by atoms with Crippen molar-refractivity contribution < 1.29 is 9.47 Å². The lowest BCUT2D eigenvalue weighted by Crippen LogP contribution is -2.28. The van der Waals surface area contributed by atoms with Crippen LogP contribution in [0.5, 0.6) is 11.5 Å². The van der Waals surface area contributed by atoms with Crippen LogP contribution in [0.4, 0.5) is 0 Å². The minimum Gasteiger partial charge on any atom is -0.493 e. The van der Waals surface area contributed by atoms with Crippen LogP contribution in [0.25, 0.3) is 0 Å². The summed E-state index contributed by atoms with van der Waals surface area (Å²) >= 11 is 0. The van der Waals surface area contributed by atoms with Crippen molar-refractivity contribution in [3.63, 3.8) is 0 Å². The Morgan fingerprint density at radius 1 is 1.19 bits per heavy atom. The highest BCUT2D eigenvalue weighted by molar-refractivity contribution is 5.46. The molecule has 16 heavy (non-hydrogen) atoms. The fraction of sp³-hybridized carbons (Fsp3) is 0.538. The number of ether oxygens (including phenoxy) is 2. The van der Waals surface area contributed by atoms with Gasteiger partial charge in [0.25, 0.3) is 0 Å². The summed E-state index contributed by atoms with van der Waals surface area (Å²) in [6.07, 6.45) is 0.804. The molecule has 0 aliphatic carbocycles. The highest BCUT2D eigenvalue weighted by atomic mass is 16.5. The summed E-state index contributed by atoms with van der Waals surface area (Å²) in [6.45, 7) is 4.24. The number of hydrogen-bond acceptors (Lipinski definition) is 3. The number of rotatable bonds is 5. The van der Waals surface area contributed by atoms with E-state index < -0.39 is 0 Å². The summed E-state index contributed by atoms with van der Waals surface area (Å²) in [6, 6.07) is 6.03. The van der Waals surface area contributed by atoms with Crippen LogP contribution in [0.3, 0.4) is 0 Å². The highest BCUT2D eigenvalue weighted by Gasteiger charge is 2.14. The van der Waals surface area contributed by atoms with E-state index in [0.717, 1.165) is 23.5 Å². The molecule has 0 bridgehead atoms. The highest BCUT2D eigenvalue weighted by Crippen LogP contribution is 2.31. The summed E-state index contributed by atoms with van der Waals surface area (Å²) < 4.78 is 10.6. The smallest absolute Gasteiger partial charge is 0.163 e. The molecule has 0 aromatic heterocycles. The van der Waals surface area contributed by atoms with Crippen molar-refractivity contribution in [1.29, 1.82) is 0 Å². The quantitative estimate of drug-likeness (QED) is 0.832. The molecule has 90 valence electrons. The van der Waals surface area contributed by atoms with Gasteiger partial charge < -0.3 is 15.2 Å². The maximum absolute atomic E-state index is 6.07. The van der Waals surface area contributed by atoms with E-state index in [-0.39, 0.29) is 6.04 Å². The van der Waals surface area contributed by atoms with Gasteiger partial charge in [-0.25, -0.2) is 0 Å². The molecule has 1 atom stereocenters. The topological polar surface area (TPSA) is 44.5 Å². The third kappa shape index (κ3) is 2.89. The average molecular weight is 223 g/mol. The van der Waals surface area contributed by atoms with E-state index in [4.69, 9.17) is 15.2 Å². The molecule has 0 amide bonds. The minimum atomic E-state index is 0.140. The molecule has 0 saturated heterocycles. The Labute approximate surface area is 97.6 Å². The van der Waals surface area contributed by atoms with Crippen LogP contribution in [0.1, 0.15) is 19.4 Å². The molecule has 0 aliphatic heterocycles. The number of nitrogens with two attached hydrogens (primary N) is 1. The van der Waals surface area contributed by atoms with E-state index in [0.29, 0.717) is 5.92 Å². The Morgan fingerprint density at radius 3 is 2.38 bits per heavy atom. The third-order valence-electron chi connectivity index (χ3n) is 2.80. The largest absolute Gasteiger partial charge is 0.493 e. The number of methoxy groups -OCH3 is 2. The normalized spacial score (nSPS) is 12.6. The van der Waals surface area contributed by atoms with Gasteiger partial charge in [-0.2, -0.15) is 0 Å². The van der Waals surface area contributed by atoms with Gasteiger partial charge in [0.05, 0.1) is 14.2 Å². The van der Waals surface area contributed by atoms with Crippen LogP contribution in [0.2, 0.25) is 0 Å². The van der Waals surface area contributed by atoms with Crippen LogP contribution in [0, 0.1) is 5.92 Å². The van der Waals surface area contributed by atoms with E-state index in [1.807, 2.05) is 18.2 Å². The minimum absolute atomic E-state index is 0.140. The molecule has 3 nitrogen and oxygen atoms in total. The SMILES string of the molecule is COc1cccc(CC(N)C(C)C)c1OC. The Kier molecular flexibility index (Phi) is 4.62. The summed E-state index contributed by atoms with van der Waals surface area (Å²) in [5.74, 6) is 2.01. The monoisotopic (exact) mass is 223 g/mol. The zero-order chi connectivity index (χ0) is 12.1. The first kappa shape index (κ1) is 12.8. The lowest BCUT2D eigenvalue weighted by Gasteiger charge is -2.18. The van der Waals surface area contributed by atoms with Gasteiger partial charge in [-0.1, -0.05) is 26.0 Å². The van der Waals surface area contributed by atoms with Gasteiger partial charge in [-0.05, 0) is 24.0 Å². The van der Waals surface area contributed by atoms with Gasteiger partial charge in [0.2, 0.25) is 0 Å². The average Bonchev–Trinajstić information content (AvgIpc) is 2.28. The van der Waals surface area contributed by atoms with E-state index in [2.05, 4.69) is 13.8 Å². The first-order valence-corrected chi connectivity index (χ1v) is 5.55. The van der Waals surface area contributed by atoms with Gasteiger partial charge >= 0.3 is 0 Å². The van der Waals surface area contributed by atoms with Crippen LogP contribution >= 0.6 is 0 Å². The second-order valence-corrected chi connectivity index (χ2v) is 4.26. The molecule has 0 saturated carbocycles. The van der Waals surface area contributed by atoms with Crippen LogP contribution < -0.4 is 15.2 Å². The molecule has 0 radical (unpaired) electrons. The molecule has 3 heteroatoms. The van der Waals surface area contributed by atoms with Crippen LogP contribution in [-0.4, -0.2) is 20.3 Å². The molecular formula is C13H21NO2. The van der Waals surface area contributed by atoms with Gasteiger partial charge in [0.1, 0.15) is 0 Å². The molecular weight excluding hydrogens is 202 g/mol. The van der Waals surface area contributed by atoms with Crippen molar-refractivity contribution in [2.75, 3.05) is 14.2 Å². The maximum atomic E-state index is 6.07. The van der Waals surface area contributed by atoms with E-state index >= 15 is 0 Å². The summed E-state index contributed by atoms with van der Waals surface area (Å²) in [4.78, 5) is 0. The second kappa shape index (κ2) is 5.75.